The first-order valence-electron chi connectivity index (χ1n) is 3.13. The van der Waals surface area contributed by atoms with Gasteiger partial charge in [0.25, 0.3) is 0 Å². The standard InChI is InChI=1S/2C4H9.3U/c2*1-4(2)3;;;/h2*4H,1H2,2-3H3;;;/q2*-1;;;. The zero-order valence-corrected chi connectivity index (χ0v) is 20.6. The Morgan fingerprint density at radius 2 is 0.636 bits per heavy atom. The SMILES string of the molecule is [CH2-]C(C)C.[CH2-]C(C)C.[U].[U].[U]. The molecule has 0 spiro atoms. The summed E-state index contributed by atoms with van der Waals surface area (Å²) in [6.07, 6.45) is 0. The van der Waals surface area contributed by atoms with Gasteiger partial charge >= 0.3 is 0 Å². The van der Waals surface area contributed by atoms with Crippen molar-refractivity contribution in [1.82, 2.24) is 0 Å². The van der Waals surface area contributed by atoms with Crippen molar-refractivity contribution in [3.63, 3.8) is 0 Å². The Kier molecular flexibility index (Phi) is 61.6. The van der Waals surface area contributed by atoms with Crippen LogP contribution in [0.4, 0.5) is 0 Å². The molecule has 0 nitrogen and oxygen atoms in total. The summed E-state index contributed by atoms with van der Waals surface area (Å²) >= 11 is 0. The van der Waals surface area contributed by atoms with E-state index in [-0.39, 0.29) is 93.3 Å². The van der Waals surface area contributed by atoms with Crippen LogP contribution in [-0.2, 0) is 0 Å². The monoisotopic (exact) mass is 828 g/mol. The summed E-state index contributed by atoms with van der Waals surface area (Å²) in [4.78, 5) is 0. The van der Waals surface area contributed by atoms with Gasteiger partial charge in [-0.3, -0.25) is 0 Å². The third kappa shape index (κ3) is 164. The fourth-order valence-electron chi connectivity index (χ4n) is 0. The predicted molar refractivity (Wildman–Crippen MR) is 40.4 cm³/mol. The molecule has 64 valence electrons. The van der Waals surface area contributed by atoms with Gasteiger partial charge < -0.3 is 13.8 Å². The summed E-state index contributed by atoms with van der Waals surface area (Å²) in [6.45, 7) is 15.5. The van der Waals surface area contributed by atoms with Gasteiger partial charge in [0.05, 0.1) is 0 Å². The van der Waals surface area contributed by atoms with Crippen molar-refractivity contribution in [2.45, 2.75) is 27.7 Å². The second kappa shape index (κ2) is 23.2. The maximum Gasteiger partial charge on any atom is 0 e. The van der Waals surface area contributed by atoms with Crippen molar-refractivity contribution in [2.24, 2.45) is 11.8 Å². The molecule has 0 unspecified atom stereocenters. The van der Waals surface area contributed by atoms with Crippen molar-refractivity contribution in [3.8, 4) is 0 Å². The van der Waals surface area contributed by atoms with E-state index < -0.39 is 0 Å². The molecular weight excluding hydrogens is 810 g/mol. The van der Waals surface area contributed by atoms with E-state index in [1.807, 2.05) is 0 Å². The molecule has 0 fully saturated rings. The third-order valence-corrected chi connectivity index (χ3v) is 0. The molecule has 0 aliphatic rings. The van der Waals surface area contributed by atoms with Crippen molar-refractivity contribution in [2.75, 3.05) is 0 Å². The minimum absolute atomic E-state index is 0. The van der Waals surface area contributed by atoms with Crippen LogP contribution in [0.15, 0.2) is 0 Å². The van der Waals surface area contributed by atoms with Crippen LogP contribution >= 0.6 is 0 Å². The number of rotatable bonds is 0. The van der Waals surface area contributed by atoms with Crippen LogP contribution in [0.25, 0.3) is 0 Å². The van der Waals surface area contributed by atoms with Crippen LogP contribution in [-0.4, -0.2) is 0 Å². The molecule has 0 aromatic rings. The van der Waals surface area contributed by atoms with Crippen molar-refractivity contribution in [3.05, 3.63) is 13.8 Å². The summed E-state index contributed by atoms with van der Waals surface area (Å²) in [5.41, 5.74) is 0. The first kappa shape index (κ1) is 29.2. The van der Waals surface area contributed by atoms with E-state index in [1.165, 1.54) is 0 Å². The van der Waals surface area contributed by atoms with Gasteiger partial charge in [0.2, 0.25) is 0 Å². The average molecular weight is 828 g/mol. The van der Waals surface area contributed by atoms with Gasteiger partial charge in [-0.2, -0.15) is 11.8 Å². The molecule has 0 radical (unpaired) electrons. The quantitative estimate of drug-likeness (QED) is 0.330. The molecule has 0 aliphatic carbocycles. The maximum atomic E-state index is 3.64. The van der Waals surface area contributed by atoms with E-state index in [9.17, 15) is 0 Å². The van der Waals surface area contributed by atoms with Gasteiger partial charge in [-0.05, 0) is 0 Å². The van der Waals surface area contributed by atoms with E-state index in [0.717, 1.165) is 0 Å². The maximum absolute atomic E-state index is 3.64. The Labute approximate surface area is 144 Å². The normalized spacial score (nSPS) is 6.55. The van der Waals surface area contributed by atoms with Gasteiger partial charge in [-0.15, -0.1) is 0 Å². The number of hydrogen-bond acceptors (Lipinski definition) is 0. The van der Waals surface area contributed by atoms with Crippen LogP contribution < -0.4 is 0 Å². The fourth-order valence-corrected chi connectivity index (χ4v) is 0. The molecule has 0 aromatic heterocycles. The smallest absolute Gasteiger partial charge is 0 e. The van der Waals surface area contributed by atoms with Crippen molar-refractivity contribution < 1.29 is 93.3 Å². The van der Waals surface area contributed by atoms with Gasteiger partial charge in [-0.25, -0.2) is 0 Å². The summed E-state index contributed by atoms with van der Waals surface area (Å²) in [5.74, 6) is 1.17. The molecule has 0 saturated carbocycles. The van der Waals surface area contributed by atoms with Crippen LogP contribution in [0.1, 0.15) is 27.7 Å². The van der Waals surface area contributed by atoms with E-state index in [0.29, 0.717) is 11.8 Å². The second-order valence-corrected chi connectivity index (χ2v) is 2.79. The molecule has 0 heterocycles. The topological polar surface area (TPSA) is 0 Å². The molecule has 0 rings (SSSR count). The summed E-state index contributed by atoms with van der Waals surface area (Å²) in [6, 6.07) is 0. The predicted octanol–water partition coefficient (Wildman–Crippen LogP) is 2.95. The van der Waals surface area contributed by atoms with E-state index in [1.54, 1.807) is 0 Å². The molecule has 0 aromatic carbocycles. The molecule has 3 heteroatoms. The zero-order valence-electron chi connectivity index (χ0n) is 8.07. The van der Waals surface area contributed by atoms with Crippen LogP contribution in [0.3, 0.4) is 0 Å². The van der Waals surface area contributed by atoms with E-state index in [4.69, 9.17) is 0 Å². The van der Waals surface area contributed by atoms with Crippen molar-refractivity contribution >= 4 is 0 Å². The van der Waals surface area contributed by atoms with Gasteiger partial charge in [0.1, 0.15) is 0 Å². The first-order chi connectivity index (χ1) is 3.46. The molecule has 0 aliphatic heterocycles. The Hall–Kier alpha value is 3.16. The van der Waals surface area contributed by atoms with Crippen LogP contribution in [0.5, 0.6) is 0 Å². The summed E-state index contributed by atoms with van der Waals surface area (Å²) in [7, 11) is 0. The summed E-state index contributed by atoms with van der Waals surface area (Å²) in [5, 5.41) is 0. The Bertz CT molecular complexity index is 24.8. The molecule has 0 bridgehead atoms. The molecule has 11 heavy (non-hydrogen) atoms. The van der Waals surface area contributed by atoms with Crippen LogP contribution in [0.2, 0.25) is 0 Å². The average Bonchev–Trinajstić information content (AvgIpc) is 1.25. The minimum Gasteiger partial charge on any atom is -0.341 e. The Morgan fingerprint density at radius 1 is 0.636 bits per heavy atom. The molecule has 0 saturated heterocycles. The summed E-state index contributed by atoms with van der Waals surface area (Å²) < 4.78 is 0. The van der Waals surface area contributed by atoms with E-state index in [2.05, 4.69) is 41.5 Å². The minimum atomic E-state index is 0. The molecule has 0 N–H and O–H groups in total. The van der Waals surface area contributed by atoms with Gasteiger partial charge in [0.15, 0.2) is 0 Å². The fraction of sp³-hybridized carbons (Fsp3) is 0.750. The molecular formula is C8H18U3-2. The van der Waals surface area contributed by atoms with Crippen molar-refractivity contribution in [1.29, 1.82) is 0 Å². The number of hydrogen-bond donors (Lipinski definition) is 0. The molecule has 0 amide bonds. The zero-order chi connectivity index (χ0) is 7.15. The largest absolute Gasteiger partial charge is 0.341 e. The van der Waals surface area contributed by atoms with E-state index >= 15 is 0 Å². The molecule has 0 atom stereocenters. The second-order valence-electron chi connectivity index (χ2n) is 2.79. The van der Waals surface area contributed by atoms with Crippen LogP contribution in [0, 0.1) is 119 Å². The first-order valence-corrected chi connectivity index (χ1v) is 3.13. The van der Waals surface area contributed by atoms with Gasteiger partial charge in [-0.1, -0.05) is 27.7 Å². The third-order valence-electron chi connectivity index (χ3n) is 0. The Balaban J connectivity index is -0.0000000171. The van der Waals surface area contributed by atoms with Gasteiger partial charge in [0, 0.05) is 93.3 Å². The Morgan fingerprint density at radius 3 is 0.636 bits per heavy atom.